The zero-order chi connectivity index (χ0) is 9.14. The largest absolute Gasteiger partial charge is 0.478 e. The quantitative estimate of drug-likeness (QED) is 0.584. The Balaban J connectivity index is 3.28. The third kappa shape index (κ3) is 1.35. The summed E-state index contributed by atoms with van der Waals surface area (Å²) in [6.07, 6.45) is 6.26. The maximum atomic E-state index is 10.5. The van der Waals surface area contributed by atoms with Gasteiger partial charge < -0.3 is 10.8 Å². The van der Waals surface area contributed by atoms with Crippen LogP contribution in [0.4, 0.5) is 5.69 Å². The molecule has 0 aliphatic rings. The van der Waals surface area contributed by atoms with Gasteiger partial charge in [-0.15, -0.1) is 6.42 Å². The van der Waals surface area contributed by atoms with Gasteiger partial charge in [0.05, 0.1) is 17.4 Å². The first-order valence-corrected chi connectivity index (χ1v) is 3.10. The second-order valence-electron chi connectivity index (χ2n) is 2.11. The summed E-state index contributed by atoms with van der Waals surface area (Å²) in [5, 5.41) is 8.61. The third-order valence-electron chi connectivity index (χ3n) is 1.31. The minimum absolute atomic E-state index is 0.0158. The highest BCUT2D eigenvalue weighted by atomic mass is 16.4. The van der Waals surface area contributed by atoms with Gasteiger partial charge in [0, 0.05) is 0 Å². The number of carboxylic acids is 1. The fourth-order valence-electron chi connectivity index (χ4n) is 0.730. The third-order valence-corrected chi connectivity index (χ3v) is 1.31. The minimum Gasteiger partial charge on any atom is -0.478 e. The van der Waals surface area contributed by atoms with Crippen molar-refractivity contribution < 1.29 is 9.90 Å². The van der Waals surface area contributed by atoms with E-state index in [1.807, 2.05) is 0 Å². The number of pyridine rings is 1. The first kappa shape index (κ1) is 8.08. The van der Waals surface area contributed by atoms with E-state index in [-0.39, 0.29) is 16.9 Å². The molecule has 1 aromatic rings. The molecule has 0 saturated carbocycles. The van der Waals surface area contributed by atoms with Gasteiger partial charge in [0.25, 0.3) is 0 Å². The van der Waals surface area contributed by atoms with Crippen molar-refractivity contribution in [3.63, 3.8) is 0 Å². The van der Waals surface area contributed by atoms with Crippen molar-refractivity contribution in [2.75, 3.05) is 5.73 Å². The highest BCUT2D eigenvalue weighted by Crippen LogP contribution is 2.10. The van der Waals surface area contributed by atoms with Gasteiger partial charge in [0.15, 0.2) is 0 Å². The SMILES string of the molecule is C#Cc1cc(C(=O)O)c(N)cn1. The van der Waals surface area contributed by atoms with E-state index < -0.39 is 5.97 Å². The number of hydrogen-bond acceptors (Lipinski definition) is 3. The van der Waals surface area contributed by atoms with Crippen LogP contribution in [0.1, 0.15) is 16.1 Å². The molecular weight excluding hydrogens is 156 g/mol. The molecule has 1 heterocycles. The minimum atomic E-state index is -1.11. The van der Waals surface area contributed by atoms with Gasteiger partial charge in [-0.1, -0.05) is 5.92 Å². The number of nitrogen functional groups attached to an aromatic ring is 1. The van der Waals surface area contributed by atoms with Crippen molar-refractivity contribution in [2.45, 2.75) is 0 Å². The average Bonchev–Trinajstić information content (AvgIpc) is 2.05. The van der Waals surface area contributed by atoms with E-state index in [0.717, 1.165) is 0 Å². The predicted molar refractivity (Wildman–Crippen MR) is 43.5 cm³/mol. The summed E-state index contributed by atoms with van der Waals surface area (Å²) in [4.78, 5) is 14.2. The Kier molecular flexibility index (Phi) is 1.97. The summed E-state index contributed by atoms with van der Waals surface area (Å²) in [5.41, 5.74) is 5.70. The predicted octanol–water partition coefficient (Wildman–Crippen LogP) is 0.343. The number of aromatic nitrogens is 1. The van der Waals surface area contributed by atoms with E-state index in [9.17, 15) is 4.79 Å². The molecule has 1 aromatic heterocycles. The Morgan fingerprint density at radius 2 is 2.42 bits per heavy atom. The van der Waals surface area contributed by atoms with Crippen LogP contribution in [0.15, 0.2) is 12.3 Å². The van der Waals surface area contributed by atoms with Crippen molar-refractivity contribution in [1.82, 2.24) is 4.98 Å². The topological polar surface area (TPSA) is 76.2 Å². The number of hydrogen-bond donors (Lipinski definition) is 2. The lowest BCUT2D eigenvalue weighted by atomic mass is 10.2. The van der Waals surface area contributed by atoms with Crippen molar-refractivity contribution in [1.29, 1.82) is 0 Å². The molecule has 4 heteroatoms. The molecule has 0 unspecified atom stereocenters. The van der Waals surface area contributed by atoms with E-state index >= 15 is 0 Å². The molecule has 60 valence electrons. The summed E-state index contributed by atoms with van der Waals surface area (Å²) in [6, 6.07) is 1.26. The van der Waals surface area contributed by atoms with Crippen LogP contribution >= 0.6 is 0 Å². The van der Waals surface area contributed by atoms with Crippen LogP contribution in [0.25, 0.3) is 0 Å². The molecule has 0 radical (unpaired) electrons. The fourth-order valence-corrected chi connectivity index (χ4v) is 0.730. The molecule has 0 aliphatic heterocycles. The Morgan fingerprint density at radius 3 is 2.92 bits per heavy atom. The van der Waals surface area contributed by atoms with Crippen LogP contribution in [0, 0.1) is 12.3 Å². The monoisotopic (exact) mass is 162 g/mol. The standard InChI is InChI=1S/C8H6N2O2/c1-2-5-3-6(8(11)12)7(9)4-10-5/h1,3-4H,9H2,(H,11,12). The molecular formula is C8H6N2O2. The molecule has 0 amide bonds. The van der Waals surface area contributed by atoms with E-state index in [1.54, 1.807) is 0 Å². The van der Waals surface area contributed by atoms with Crippen molar-refractivity contribution in [2.24, 2.45) is 0 Å². The molecule has 0 saturated heterocycles. The lowest BCUT2D eigenvalue weighted by molar-refractivity contribution is 0.0698. The van der Waals surface area contributed by atoms with Crippen molar-refractivity contribution in [3.05, 3.63) is 23.5 Å². The van der Waals surface area contributed by atoms with Gasteiger partial charge in [0.1, 0.15) is 5.69 Å². The number of terminal acetylenes is 1. The maximum Gasteiger partial charge on any atom is 0.337 e. The van der Waals surface area contributed by atoms with Crippen LogP contribution in [0.5, 0.6) is 0 Å². The zero-order valence-corrected chi connectivity index (χ0v) is 6.11. The molecule has 0 aliphatic carbocycles. The first-order chi connectivity index (χ1) is 5.65. The highest BCUT2D eigenvalue weighted by Gasteiger charge is 2.07. The van der Waals surface area contributed by atoms with Gasteiger partial charge in [-0.05, 0) is 6.07 Å². The number of carbonyl (C=O) groups is 1. The number of aromatic carboxylic acids is 1. The first-order valence-electron chi connectivity index (χ1n) is 3.10. The molecule has 0 bridgehead atoms. The Morgan fingerprint density at radius 1 is 1.75 bits per heavy atom. The second kappa shape index (κ2) is 2.93. The lowest BCUT2D eigenvalue weighted by Crippen LogP contribution is -2.03. The summed E-state index contributed by atoms with van der Waals surface area (Å²) in [7, 11) is 0. The van der Waals surface area contributed by atoms with Crippen LogP contribution in [0.2, 0.25) is 0 Å². The van der Waals surface area contributed by atoms with Crippen LogP contribution in [0.3, 0.4) is 0 Å². The molecule has 1 rings (SSSR count). The zero-order valence-electron chi connectivity index (χ0n) is 6.11. The fraction of sp³-hybridized carbons (Fsp3) is 0. The van der Waals surface area contributed by atoms with Crippen molar-refractivity contribution >= 4 is 11.7 Å². The number of nitrogens with zero attached hydrogens (tertiary/aromatic N) is 1. The lowest BCUT2D eigenvalue weighted by Gasteiger charge is -1.98. The van der Waals surface area contributed by atoms with Gasteiger partial charge in [-0.3, -0.25) is 0 Å². The van der Waals surface area contributed by atoms with Crippen LogP contribution < -0.4 is 5.73 Å². The highest BCUT2D eigenvalue weighted by molar-refractivity contribution is 5.93. The van der Waals surface area contributed by atoms with Crippen LogP contribution in [-0.4, -0.2) is 16.1 Å². The van der Waals surface area contributed by atoms with Gasteiger partial charge >= 0.3 is 5.97 Å². The Labute approximate surface area is 69.0 Å². The molecule has 0 fully saturated rings. The van der Waals surface area contributed by atoms with Gasteiger partial charge in [-0.25, -0.2) is 9.78 Å². The number of nitrogens with two attached hydrogens (primary N) is 1. The van der Waals surface area contributed by atoms with Crippen LogP contribution in [-0.2, 0) is 0 Å². The van der Waals surface area contributed by atoms with E-state index in [0.29, 0.717) is 0 Å². The Bertz CT molecular complexity index is 366. The summed E-state index contributed by atoms with van der Waals surface area (Å²) in [6.45, 7) is 0. The molecule has 4 nitrogen and oxygen atoms in total. The smallest absolute Gasteiger partial charge is 0.337 e. The van der Waals surface area contributed by atoms with E-state index in [1.165, 1.54) is 12.3 Å². The summed E-state index contributed by atoms with van der Waals surface area (Å²) < 4.78 is 0. The number of carboxylic acid groups (broad SMARTS) is 1. The molecule has 0 aromatic carbocycles. The summed E-state index contributed by atoms with van der Waals surface area (Å²) >= 11 is 0. The second-order valence-corrected chi connectivity index (χ2v) is 2.11. The van der Waals surface area contributed by atoms with Gasteiger partial charge in [0.2, 0.25) is 0 Å². The molecule has 0 atom stereocenters. The molecule has 0 spiro atoms. The van der Waals surface area contributed by atoms with Crippen molar-refractivity contribution in [3.8, 4) is 12.3 Å². The molecule has 3 N–H and O–H groups in total. The van der Waals surface area contributed by atoms with E-state index in [2.05, 4.69) is 10.9 Å². The maximum absolute atomic E-state index is 10.5. The normalized spacial score (nSPS) is 8.92. The molecule has 12 heavy (non-hydrogen) atoms. The number of rotatable bonds is 1. The van der Waals surface area contributed by atoms with Gasteiger partial charge in [-0.2, -0.15) is 0 Å². The average molecular weight is 162 g/mol. The Hall–Kier alpha value is -2.02. The van der Waals surface area contributed by atoms with E-state index in [4.69, 9.17) is 17.3 Å². The summed E-state index contributed by atoms with van der Waals surface area (Å²) in [5.74, 6) is 1.11. The number of anilines is 1.